The highest BCUT2D eigenvalue weighted by atomic mass is 16.7. The molecule has 0 unspecified atom stereocenters. The number of nitrogens with zero attached hydrogens (tertiary/aromatic N) is 5. The summed E-state index contributed by atoms with van der Waals surface area (Å²) in [5.41, 5.74) is 1.21. The summed E-state index contributed by atoms with van der Waals surface area (Å²) in [5, 5.41) is 13.9. The monoisotopic (exact) mass is 480 g/mol. The number of pyridine rings is 1. The summed E-state index contributed by atoms with van der Waals surface area (Å²) < 4.78 is 13.0. The molecule has 188 valence electrons. The van der Waals surface area contributed by atoms with E-state index in [0.29, 0.717) is 24.1 Å². The lowest BCUT2D eigenvalue weighted by Gasteiger charge is -2.40. The number of H-pyrrole nitrogens is 1. The quantitative estimate of drug-likeness (QED) is 0.524. The van der Waals surface area contributed by atoms with Crippen LogP contribution >= 0.6 is 0 Å². The van der Waals surface area contributed by atoms with Crippen molar-refractivity contribution in [3.8, 4) is 11.5 Å². The predicted octanol–water partition coefficient (Wildman–Crippen LogP) is 4.67. The summed E-state index contributed by atoms with van der Waals surface area (Å²) in [6.45, 7) is 9.32. The van der Waals surface area contributed by atoms with E-state index in [-0.39, 0.29) is 23.9 Å². The van der Waals surface area contributed by atoms with Gasteiger partial charge in [-0.1, -0.05) is 32.6 Å². The summed E-state index contributed by atoms with van der Waals surface area (Å²) >= 11 is 0. The maximum absolute atomic E-state index is 13.2. The van der Waals surface area contributed by atoms with Crippen molar-refractivity contribution in [2.75, 3.05) is 6.79 Å². The van der Waals surface area contributed by atoms with Crippen molar-refractivity contribution < 1.29 is 9.47 Å². The first-order chi connectivity index (χ1) is 16.8. The Morgan fingerprint density at radius 3 is 2.60 bits per heavy atom. The molecule has 1 fully saturated rings. The number of fused-ring (bicyclic) bond motifs is 2. The number of benzene rings is 1. The third kappa shape index (κ3) is 4.78. The Hall–Kier alpha value is -2.94. The first kappa shape index (κ1) is 23.8. The van der Waals surface area contributed by atoms with Crippen LogP contribution in [0.4, 0.5) is 0 Å². The highest BCUT2D eigenvalue weighted by Gasteiger charge is 2.34. The van der Waals surface area contributed by atoms with E-state index in [0.717, 1.165) is 48.0 Å². The largest absolute Gasteiger partial charge is 0.454 e. The maximum Gasteiger partial charge on any atom is 0.252 e. The van der Waals surface area contributed by atoms with E-state index >= 15 is 0 Å². The number of aromatic nitrogens is 5. The molecule has 1 aliphatic heterocycles. The number of ether oxygens (including phenoxy) is 2. The fourth-order valence-electron chi connectivity index (χ4n) is 5.46. The molecule has 0 spiro atoms. The van der Waals surface area contributed by atoms with Gasteiger partial charge in [0.25, 0.3) is 5.56 Å². The summed E-state index contributed by atoms with van der Waals surface area (Å²) in [5.74, 6) is 2.26. The van der Waals surface area contributed by atoms with Gasteiger partial charge in [0.05, 0.1) is 17.1 Å². The van der Waals surface area contributed by atoms with Gasteiger partial charge in [-0.05, 0) is 62.6 Å². The molecule has 2 aromatic heterocycles. The van der Waals surface area contributed by atoms with E-state index in [1.165, 1.54) is 19.3 Å². The molecule has 0 bridgehead atoms. The minimum absolute atomic E-state index is 0.0316. The first-order valence-corrected chi connectivity index (χ1v) is 12.8. The number of rotatable bonds is 7. The van der Waals surface area contributed by atoms with Gasteiger partial charge in [0.1, 0.15) is 0 Å². The average molecular weight is 481 g/mol. The molecule has 1 atom stereocenters. The van der Waals surface area contributed by atoms with E-state index in [4.69, 9.17) is 9.47 Å². The molecule has 9 heteroatoms. The third-order valence-corrected chi connectivity index (χ3v) is 7.20. The van der Waals surface area contributed by atoms with Crippen LogP contribution in [0.1, 0.15) is 90.1 Å². The second kappa shape index (κ2) is 9.60. The SMILES string of the molecule is CCC[C@H](c1nnnn1C(C)(C)C)N(Cc1cc2cc3c(cc2[nH]c1=O)OCO3)C1CCCCC1. The van der Waals surface area contributed by atoms with Gasteiger partial charge < -0.3 is 14.5 Å². The van der Waals surface area contributed by atoms with E-state index in [9.17, 15) is 4.79 Å². The first-order valence-electron chi connectivity index (χ1n) is 12.8. The Labute approximate surface area is 205 Å². The molecule has 0 amide bonds. The van der Waals surface area contributed by atoms with Crippen LogP contribution < -0.4 is 15.0 Å². The highest BCUT2D eigenvalue weighted by Crippen LogP contribution is 2.37. The van der Waals surface area contributed by atoms with Crippen LogP contribution in [-0.2, 0) is 12.1 Å². The van der Waals surface area contributed by atoms with Crippen molar-refractivity contribution in [1.29, 1.82) is 0 Å². The van der Waals surface area contributed by atoms with Gasteiger partial charge in [-0.25, -0.2) is 4.68 Å². The Morgan fingerprint density at radius 1 is 1.14 bits per heavy atom. The number of hydrogen-bond acceptors (Lipinski definition) is 7. The molecule has 9 nitrogen and oxygen atoms in total. The minimum atomic E-state index is -0.230. The van der Waals surface area contributed by atoms with Crippen molar-refractivity contribution in [1.82, 2.24) is 30.1 Å². The average Bonchev–Trinajstić information content (AvgIpc) is 3.50. The fraction of sp³-hybridized carbons (Fsp3) is 0.615. The van der Waals surface area contributed by atoms with E-state index in [1.54, 1.807) is 0 Å². The van der Waals surface area contributed by atoms with Crippen LogP contribution in [0, 0.1) is 0 Å². The van der Waals surface area contributed by atoms with Crippen molar-refractivity contribution in [3.05, 3.63) is 39.9 Å². The van der Waals surface area contributed by atoms with Crippen LogP contribution in [-0.4, -0.2) is 42.9 Å². The number of aromatic amines is 1. The fourth-order valence-corrected chi connectivity index (χ4v) is 5.46. The Bertz CT molecular complexity index is 1240. The van der Waals surface area contributed by atoms with Gasteiger partial charge in [0.2, 0.25) is 6.79 Å². The van der Waals surface area contributed by atoms with Crippen LogP contribution in [0.3, 0.4) is 0 Å². The number of tetrazole rings is 1. The zero-order valence-electron chi connectivity index (χ0n) is 21.2. The molecule has 3 heterocycles. The lowest BCUT2D eigenvalue weighted by Crippen LogP contribution is -2.42. The molecule has 1 aliphatic carbocycles. The second-order valence-corrected chi connectivity index (χ2v) is 10.8. The molecule has 1 aromatic carbocycles. The van der Waals surface area contributed by atoms with Crippen molar-refractivity contribution >= 4 is 10.9 Å². The second-order valence-electron chi connectivity index (χ2n) is 10.8. The topological polar surface area (TPSA) is 98.2 Å². The molecule has 2 aliphatic rings. The maximum atomic E-state index is 13.2. The van der Waals surface area contributed by atoms with Gasteiger partial charge in [-0.2, -0.15) is 0 Å². The number of hydrogen-bond donors (Lipinski definition) is 1. The Morgan fingerprint density at radius 2 is 1.89 bits per heavy atom. The highest BCUT2D eigenvalue weighted by molar-refractivity contribution is 5.83. The van der Waals surface area contributed by atoms with Crippen LogP contribution in [0.25, 0.3) is 10.9 Å². The van der Waals surface area contributed by atoms with E-state index in [1.807, 2.05) is 22.9 Å². The molecule has 1 N–H and O–H groups in total. The summed E-state index contributed by atoms with van der Waals surface area (Å²) in [7, 11) is 0. The van der Waals surface area contributed by atoms with E-state index in [2.05, 4.69) is 53.1 Å². The zero-order valence-corrected chi connectivity index (χ0v) is 21.2. The van der Waals surface area contributed by atoms with Crippen LogP contribution in [0.15, 0.2) is 23.0 Å². The van der Waals surface area contributed by atoms with Gasteiger partial charge in [0, 0.05) is 29.6 Å². The van der Waals surface area contributed by atoms with Crippen molar-refractivity contribution in [2.24, 2.45) is 0 Å². The molecule has 35 heavy (non-hydrogen) atoms. The predicted molar refractivity (Wildman–Crippen MR) is 134 cm³/mol. The van der Waals surface area contributed by atoms with Gasteiger partial charge >= 0.3 is 0 Å². The Kier molecular flexibility index (Phi) is 6.53. The molecule has 3 aromatic rings. The Balaban J connectivity index is 1.56. The lowest BCUT2D eigenvalue weighted by atomic mass is 9.91. The third-order valence-electron chi connectivity index (χ3n) is 7.20. The summed E-state index contributed by atoms with van der Waals surface area (Å²) in [4.78, 5) is 18.8. The molecular formula is C26H36N6O3. The van der Waals surface area contributed by atoms with Gasteiger partial charge in [-0.3, -0.25) is 9.69 Å². The van der Waals surface area contributed by atoms with Crippen LogP contribution in [0.5, 0.6) is 11.5 Å². The van der Waals surface area contributed by atoms with Gasteiger partial charge in [0.15, 0.2) is 17.3 Å². The normalized spacial score (nSPS) is 17.4. The molecule has 5 rings (SSSR count). The molecular weight excluding hydrogens is 444 g/mol. The van der Waals surface area contributed by atoms with Gasteiger partial charge in [-0.15, -0.1) is 5.10 Å². The lowest BCUT2D eigenvalue weighted by molar-refractivity contribution is 0.0779. The van der Waals surface area contributed by atoms with Crippen LogP contribution in [0.2, 0.25) is 0 Å². The molecule has 0 saturated heterocycles. The smallest absolute Gasteiger partial charge is 0.252 e. The zero-order chi connectivity index (χ0) is 24.6. The molecule has 0 radical (unpaired) electrons. The minimum Gasteiger partial charge on any atom is -0.454 e. The molecule has 1 saturated carbocycles. The standard InChI is InChI=1S/C26H36N6O3/c1-5-9-21(24-28-29-30-32(24)26(2,3)4)31(19-10-7-6-8-11-19)15-18-12-17-13-22-23(35-16-34-22)14-20(17)27-25(18)33/h12-14,19,21H,5-11,15-16H2,1-4H3,(H,27,33)/t21-/m1/s1. The number of nitrogens with one attached hydrogen (secondary N) is 1. The summed E-state index contributed by atoms with van der Waals surface area (Å²) in [6, 6.07) is 6.22. The van der Waals surface area contributed by atoms with Crippen molar-refractivity contribution in [3.63, 3.8) is 0 Å². The van der Waals surface area contributed by atoms with Crippen molar-refractivity contribution in [2.45, 2.75) is 96.8 Å². The summed E-state index contributed by atoms with van der Waals surface area (Å²) in [6.07, 6.45) is 7.87. The van der Waals surface area contributed by atoms with E-state index < -0.39 is 0 Å².